The molecular formula is C15H21ClN2O2S. The van der Waals surface area contributed by atoms with E-state index in [1.807, 2.05) is 6.92 Å². The highest BCUT2D eigenvalue weighted by molar-refractivity contribution is 7.89. The van der Waals surface area contributed by atoms with Gasteiger partial charge >= 0.3 is 0 Å². The van der Waals surface area contributed by atoms with Gasteiger partial charge < -0.3 is 0 Å². The van der Waals surface area contributed by atoms with Gasteiger partial charge in [-0.25, -0.2) is 8.42 Å². The molecule has 1 aliphatic carbocycles. The third kappa shape index (κ3) is 2.72. The third-order valence-corrected chi connectivity index (χ3v) is 7.24. The molecule has 1 aromatic carbocycles. The highest BCUT2D eigenvalue weighted by Gasteiger charge is 2.46. The molecule has 2 fully saturated rings. The van der Waals surface area contributed by atoms with E-state index in [-0.39, 0.29) is 10.9 Å². The molecule has 1 saturated carbocycles. The van der Waals surface area contributed by atoms with Crippen molar-refractivity contribution in [2.24, 2.45) is 0 Å². The van der Waals surface area contributed by atoms with Crippen LogP contribution in [0.15, 0.2) is 29.2 Å². The molecule has 0 spiro atoms. The van der Waals surface area contributed by atoms with Gasteiger partial charge in [-0.2, -0.15) is 4.31 Å². The molecule has 116 valence electrons. The van der Waals surface area contributed by atoms with Crippen LogP contribution in [0.25, 0.3) is 0 Å². The Hall–Kier alpha value is -0.620. The summed E-state index contributed by atoms with van der Waals surface area (Å²) in [6.45, 7) is 6.36. The van der Waals surface area contributed by atoms with Crippen LogP contribution in [0.1, 0.15) is 26.7 Å². The highest BCUT2D eigenvalue weighted by atomic mass is 35.5. The topological polar surface area (TPSA) is 40.6 Å². The zero-order valence-corrected chi connectivity index (χ0v) is 14.0. The summed E-state index contributed by atoms with van der Waals surface area (Å²) < 4.78 is 27.2. The maximum absolute atomic E-state index is 12.8. The Morgan fingerprint density at radius 2 is 1.90 bits per heavy atom. The van der Waals surface area contributed by atoms with Crippen LogP contribution in [0.5, 0.6) is 0 Å². The Morgan fingerprint density at radius 1 is 1.24 bits per heavy atom. The van der Waals surface area contributed by atoms with E-state index in [1.54, 1.807) is 28.6 Å². The fourth-order valence-corrected chi connectivity index (χ4v) is 5.17. The van der Waals surface area contributed by atoms with Gasteiger partial charge in [0.1, 0.15) is 4.90 Å². The van der Waals surface area contributed by atoms with Crippen LogP contribution >= 0.6 is 11.6 Å². The molecule has 6 heteroatoms. The van der Waals surface area contributed by atoms with Gasteiger partial charge in [-0.15, -0.1) is 0 Å². The summed E-state index contributed by atoms with van der Waals surface area (Å²) in [4.78, 5) is 2.64. The predicted octanol–water partition coefficient (Wildman–Crippen LogP) is 2.59. The number of rotatable bonds is 3. The van der Waals surface area contributed by atoms with Crippen molar-refractivity contribution in [1.29, 1.82) is 0 Å². The van der Waals surface area contributed by atoms with E-state index in [0.29, 0.717) is 17.1 Å². The summed E-state index contributed by atoms with van der Waals surface area (Å²) in [5.74, 6) is 0. The van der Waals surface area contributed by atoms with Gasteiger partial charge in [-0.1, -0.05) is 23.7 Å². The lowest BCUT2D eigenvalue weighted by molar-refractivity contribution is 0.0977. The first-order chi connectivity index (χ1) is 9.84. The molecule has 0 aromatic heterocycles. The number of halogens is 1. The number of hydrogen-bond donors (Lipinski definition) is 0. The van der Waals surface area contributed by atoms with Crippen LogP contribution in [-0.2, 0) is 10.0 Å². The summed E-state index contributed by atoms with van der Waals surface area (Å²) in [6, 6.07) is 6.64. The van der Waals surface area contributed by atoms with Gasteiger partial charge in [0.2, 0.25) is 10.0 Å². The van der Waals surface area contributed by atoms with Crippen LogP contribution in [0.3, 0.4) is 0 Å². The van der Waals surface area contributed by atoms with Crippen molar-refractivity contribution < 1.29 is 8.42 Å². The molecule has 1 aliphatic heterocycles. The molecular weight excluding hydrogens is 308 g/mol. The van der Waals surface area contributed by atoms with Crippen LogP contribution in [0.2, 0.25) is 5.02 Å². The molecule has 4 nitrogen and oxygen atoms in total. The molecule has 0 unspecified atom stereocenters. The number of benzene rings is 1. The molecule has 0 bridgehead atoms. The van der Waals surface area contributed by atoms with Gasteiger partial charge in [0, 0.05) is 31.2 Å². The Balaban J connectivity index is 1.83. The Bertz CT molecular complexity index is 643. The normalized spacial score (nSPS) is 26.7. The first-order valence-corrected chi connectivity index (χ1v) is 9.18. The van der Waals surface area contributed by atoms with Crippen molar-refractivity contribution in [3.8, 4) is 0 Å². The Kier molecular flexibility index (Phi) is 3.81. The quantitative estimate of drug-likeness (QED) is 0.856. The van der Waals surface area contributed by atoms with Crippen LogP contribution in [-0.4, -0.2) is 48.8 Å². The lowest BCUT2D eigenvalue weighted by Crippen LogP contribution is -2.56. The minimum Gasteiger partial charge on any atom is -0.295 e. The fraction of sp³-hybridized carbons (Fsp3) is 0.600. The van der Waals surface area contributed by atoms with Crippen molar-refractivity contribution in [2.45, 2.75) is 43.2 Å². The first kappa shape index (κ1) is 15.3. The molecule has 0 N–H and O–H groups in total. The van der Waals surface area contributed by atoms with E-state index in [0.717, 1.165) is 13.1 Å². The van der Waals surface area contributed by atoms with E-state index in [9.17, 15) is 8.42 Å². The van der Waals surface area contributed by atoms with E-state index >= 15 is 0 Å². The lowest BCUT2D eigenvalue weighted by atomic mass is 10.1. The standard InChI is InChI=1S/C15H21ClN2O2S/c1-12-11-17(15(2)7-8-15)9-10-18(12)21(19,20)14-6-4-3-5-13(14)16/h3-6,12H,7-11H2,1-2H3/t12-/m1/s1. The zero-order valence-electron chi connectivity index (χ0n) is 12.4. The van der Waals surface area contributed by atoms with E-state index in [2.05, 4.69) is 11.8 Å². The minimum atomic E-state index is -3.52. The van der Waals surface area contributed by atoms with Gasteiger partial charge in [-0.3, -0.25) is 4.90 Å². The Labute approximate surface area is 131 Å². The Morgan fingerprint density at radius 3 is 2.48 bits per heavy atom. The van der Waals surface area contributed by atoms with Gasteiger partial charge in [-0.05, 0) is 38.8 Å². The molecule has 21 heavy (non-hydrogen) atoms. The van der Waals surface area contributed by atoms with E-state index in [1.165, 1.54) is 12.8 Å². The molecule has 0 amide bonds. The van der Waals surface area contributed by atoms with Gasteiger partial charge in [0.25, 0.3) is 0 Å². The van der Waals surface area contributed by atoms with Crippen LogP contribution in [0, 0.1) is 0 Å². The summed E-state index contributed by atoms with van der Waals surface area (Å²) in [5, 5.41) is 0.293. The molecule has 1 aromatic rings. The highest BCUT2D eigenvalue weighted by Crippen LogP contribution is 2.42. The average Bonchev–Trinajstić information content (AvgIpc) is 3.18. The minimum absolute atomic E-state index is 0.0301. The lowest BCUT2D eigenvalue weighted by Gasteiger charge is -2.42. The second-order valence-corrected chi connectivity index (χ2v) is 8.60. The fourth-order valence-electron chi connectivity index (χ4n) is 3.07. The van der Waals surface area contributed by atoms with Crippen molar-refractivity contribution in [3.63, 3.8) is 0 Å². The summed E-state index contributed by atoms with van der Waals surface area (Å²) >= 11 is 6.07. The van der Waals surface area contributed by atoms with Crippen molar-refractivity contribution in [1.82, 2.24) is 9.21 Å². The number of nitrogens with zero attached hydrogens (tertiary/aromatic N) is 2. The first-order valence-electron chi connectivity index (χ1n) is 7.36. The van der Waals surface area contributed by atoms with Crippen LogP contribution in [0.4, 0.5) is 0 Å². The van der Waals surface area contributed by atoms with Gasteiger partial charge in [0.15, 0.2) is 0 Å². The maximum atomic E-state index is 12.8. The second kappa shape index (κ2) is 5.23. The summed E-state index contributed by atoms with van der Waals surface area (Å²) in [7, 11) is -3.52. The smallest absolute Gasteiger partial charge is 0.244 e. The van der Waals surface area contributed by atoms with Crippen molar-refractivity contribution in [3.05, 3.63) is 29.3 Å². The number of hydrogen-bond acceptors (Lipinski definition) is 3. The number of piperazine rings is 1. The second-order valence-electron chi connectivity index (χ2n) is 6.34. The van der Waals surface area contributed by atoms with E-state index in [4.69, 9.17) is 11.6 Å². The summed E-state index contributed by atoms with van der Waals surface area (Å²) in [5.41, 5.74) is 0.300. The molecule has 2 aliphatic rings. The SMILES string of the molecule is C[C@@H]1CN(C2(C)CC2)CCN1S(=O)(=O)c1ccccc1Cl. The molecule has 3 rings (SSSR count). The predicted molar refractivity (Wildman–Crippen MR) is 84.0 cm³/mol. The number of sulfonamides is 1. The third-order valence-electron chi connectivity index (χ3n) is 4.73. The average molecular weight is 329 g/mol. The molecule has 1 saturated heterocycles. The van der Waals surface area contributed by atoms with Gasteiger partial charge in [0.05, 0.1) is 5.02 Å². The maximum Gasteiger partial charge on any atom is 0.244 e. The van der Waals surface area contributed by atoms with Crippen molar-refractivity contribution >= 4 is 21.6 Å². The molecule has 1 atom stereocenters. The van der Waals surface area contributed by atoms with Crippen LogP contribution < -0.4 is 0 Å². The summed E-state index contributed by atoms with van der Waals surface area (Å²) in [6.07, 6.45) is 2.44. The largest absolute Gasteiger partial charge is 0.295 e. The molecule has 0 radical (unpaired) electrons. The van der Waals surface area contributed by atoms with E-state index < -0.39 is 10.0 Å². The molecule has 1 heterocycles. The zero-order chi connectivity index (χ0) is 15.3. The van der Waals surface area contributed by atoms with Crippen molar-refractivity contribution in [2.75, 3.05) is 19.6 Å². The monoisotopic (exact) mass is 328 g/mol.